The molecule has 2 amide bonds. The van der Waals surface area contributed by atoms with Crippen molar-refractivity contribution in [1.29, 1.82) is 0 Å². The Balaban J connectivity index is 1.93. The van der Waals surface area contributed by atoms with Crippen LogP contribution in [-0.4, -0.2) is 18.9 Å². The van der Waals surface area contributed by atoms with E-state index in [1.807, 2.05) is 37.3 Å². The molecule has 0 aliphatic carbocycles. The fourth-order valence-electron chi connectivity index (χ4n) is 1.95. The number of rotatable bonds is 4. The first-order valence-electron chi connectivity index (χ1n) is 6.91. The number of methoxy groups -OCH3 is 1. The van der Waals surface area contributed by atoms with Gasteiger partial charge in [-0.25, -0.2) is 0 Å². The number of hydrogen-bond acceptors (Lipinski definition) is 3. The highest BCUT2D eigenvalue weighted by Gasteiger charge is 2.17. The number of amides is 2. The molecule has 0 bridgehead atoms. The first kappa shape index (κ1) is 15.6. The van der Waals surface area contributed by atoms with Gasteiger partial charge in [0.15, 0.2) is 0 Å². The molecule has 0 saturated heterocycles. The minimum absolute atomic E-state index is 0.240. The SMILES string of the molecule is COc1ccc(NC(=O)C(=O)NC(C)c2ccccc2)cc1. The molecular weight excluding hydrogens is 280 g/mol. The molecule has 22 heavy (non-hydrogen) atoms. The predicted molar refractivity (Wildman–Crippen MR) is 84.6 cm³/mol. The summed E-state index contributed by atoms with van der Waals surface area (Å²) in [5.41, 5.74) is 1.47. The van der Waals surface area contributed by atoms with Crippen molar-refractivity contribution in [3.8, 4) is 5.75 Å². The van der Waals surface area contributed by atoms with Gasteiger partial charge >= 0.3 is 11.8 Å². The van der Waals surface area contributed by atoms with Crippen LogP contribution in [0.2, 0.25) is 0 Å². The Morgan fingerprint density at radius 2 is 1.59 bits per heavy atom. The molecule has 0 aromatic heterocycles. The van der Waals surface area contributed by atoms with E-state index in [9.17, 15) is 9.59 Å². The van der Waals surface area contributed by atoms with E-state index in [1.54, 1.807) is 31.4 Å². The Bertz CT molecular complexity index is 639. The van der Waals surface area contributed by atoms with Crippen molar-refractivity contribution in [2.45, 2.75) is 13.0 Å². The fraction of sp³-hybridized carbons (Fsp3) is 0.176. The third-order valence-electron chi connectivity index (χ3n) is 3.20. The molecule has 0 fully saturated rings. The smallest absolute Gasteiger partial charge is 0.313 e. The molecule has 5 nitrogen and oxygen atoms in total. The van der Waals surface area contributed by atoms with E-state index >= 15 is 0 Å². The van der Waals surface area contributed by atoms with Crippen molar-refractivity contribution in [2.24, 2.45) is 0 Å². The molecule has 2 aromatic carbocycles. The zero-order valence-electron chi connectivity index (χ0n) is 12.5. The summed E-state index contributed by atoms with van der Waals surface area (Å²) in [5.74, 6) is -0.694. The largest absolute Gasteiger partial charge is 0.497 e. The van der Waals surface area contributed by atoms with Gasteiger partial charge in [-0.1, -0.05) is 30.3 Å². The third-order valence-corrected chi connectivity index (χ3v) is 3.20. The lowest BCUT2D eigenvalue weighted by Gasteiger charge is -2.14. The monoisotopic (exact) mass is 298 g/mol. The molecule has 1 atom stereocenters. The van der Waals surface area contributed by atoms with Gasteiger partial charge in [0.1, 0.15) is 5.75 Å². The van der Waals surface area contributed by atoms with Crippen LogP contribution in [0, 0.1) is 0 Å². The maximum absolute atomic E-state index is 11.9. The van der Waals surface area contributed by atoms with E-state index in [2.05, 4.69) is 10.6 Å². The summed E-state index contributed by atoms with van der Waals surface area (Å²) >= 11 is 0. The van der Waals surface area contributed by atoms with Crippen molar-refractivity contribution < 1.29 is 14.3 Å². The average Bonchev–Trinajstić information content (AvgIpc) is 2.56. The Morgan fingerprint density at radius 3 is 2.18 bits per heavy atom. The van der Waals surface area contributed by atoms with Crippen LogP contribution in [0.1, 0.15) is 18.5 Å². The molecule has 114 valence electrons. The van der Waals surface area contributed by atoms with Crippen molar-refractivity contribution >= 4 is 17.5 Å². The van der Waals surface area contributed by atoms with Crippen molar-refractivity contribution in [2.75, 3.05) is 12.4 Å². The standard InChI is InChI=1S/C17H18N2O3/c1-12(13-6-4-3-5-7-13)18-16(20)17(21)19-14-8-10-15(22-2)11-9-14/h3-12H,1-2H3,(H,18,20)(H,19,21). The normalized spacial score (nSPS) is 11.4. The molecule has 0 aliphatic rings. The number of carbonyl (C=O) groups excluding carboxylic acids is 2. The number of anilines is 1. The van der Waals surface area contributed by atoms with Gasteiger partial charge in [-0.05, 0) is 36.8 Å². The zero-order valence-corrected chi connectivity index (χ0v) is 12.5. The molecule has 5 heteroatoms. The number of carbonyl (C=O) groups is 2. The van der Waals surface area contributed by atoms with Crippen LogP contribution in [0.15, 0.2) is 54.6 Å². The average molecular weight is 298 g/mol. The number of hydrogen-bond donors (Lipinski definition) is 2. The minimum Gasteiger partial charge on any atom is -0.497 e. The van der Waals surface area contributed by atoms with Crippen molar-refractivity contribution in [1.82, 2.24) is 5.32 Å². The fourth-order valence-corrected chi connectivity index (χ4v) is 1.95. The Kier molecular flexibility index (Phi) is 5.14. The van der Waals surface area contributed by atoms with Gasteiger partial charge in [0.2, 0.25) is 0 Å². The van der Waals surface area contributed by atoms with Gasteiger partial charge in [0.05, 0.1) is 13.2 Å². The van der Waals surface area contributed by atoms with Crippen LogP contribution in [0.5, 0.6) is 5.75 Å². The highest BCUT2D eigenvalue weighted by molar-refractivity contribution is 6.39. The summed E-state index contributed by atoms with van der Waals surface area (Å²) < 4.78 is 5.03. The predicted octanol–water partition coefficient (Wildman–Crippen LogP) is 2.51. The molecule has 0 spiro atoms. The number of ether oxygens (including phenoxy) is 1. The molecule has 2 rings (SSSR count). The molecule has 0 radical (unpaired) electrons. The Labute approximate surface area is 129 Å². The van der Waals surface area contributed by atoms with E-state index in [1.165, 1.54) is 0 Å². The van der Waals surface area contributed by atoms with Gasteiger partial charge in [-0.3, -0.25) is 9.59 Å². The van der Waals surface area contributed by atoms with Crippen LogP contribution in [0.3, 0.4) is 0 Å². The highest BCUT2D eigenvalue weighted by Crippen LogP contribution is 2.15. The molecule has 1 unspecified atom stereocenters. The van der Waals surface area contributed by atoms with Gasteiger partial charge in [-0.2, -0.15) is 0 Å². The second-order valence-corrected chi connectivity index (χ2v) is 4.79. The number of nitrogens with one attached hydrogen (secondary N) is 2. The van der Waals surface area contributed by atoms with Crippen molar-refractivity contribution in [3.05, 3.63) is 60.2 Å². The number of benzene rings is 2. The van der Waals surface area contributed by atoms with Crippen LogP contribution in [-0.2, 0) is 9.59 Å². The van der Waals surface area contributed by atoms with Crippen LogP contribution >= 0.6 is 0 Å². The third kappa shape index (κ3) is 4.09. The van der Waals surface area contributed by atoms with Gasteiger partial charge < -0.3 is 15.4 Å². The van der Waals surface area contributed by atoms with E-state index in [0.717, 1.165) is 5.56 Å². The topological polar surface area (TPSA) is 67.4 Å². The quantitative estimate of drug-likeness (QED) is 0.852. The van der Waals surface area contributed by atoms with E-state index in [0.29, 0.717) is 11.4 Å². The van der Waals surface area contributed by atoms with Gasteiger partial charge in [0.25, 0.3) is 0 Å². The lowest BCUT2D eigenvalue weighted by atomic mass is 10.1. The summed E-state index contributed by atoms with van der Waals surface area (Å²) in [6.07, 6.45) is 0. The Morgan fingerprint density at radius 1 is 0.955 bits per heavy atom. The summed E-state index contributed by atoms with van der Waals surface area (Å²) in [7, 11) is 1.56. The molecule has 0 saturated carbocycles. The first-order chi connectivity index (χ1) is 10.6. The molecule has 2 aromatic rings. The molecule has 0 aliphatic heterocycles. The Hall–Kier alpha value is -2.82. The summed E-state index contributed by atoms with van der Waals surface area (Å²) in [5, 5.41) is 5.21. The van der Waals surface area contributed by atoms with E-state index in [-0.39, 0.29) is 6.04 Å². The lowest BCUT2D eigenvalue weighted by molar-refractivity contribution is -0.136. The van der Waals surface area contributed by atoms with Crippen LogP contribution < -0.4 is 15.4 Å². The first-order valence-corrected chi connectivity index (χ1v) is 6.91. The molecule has 2 N–H and O–H groups in total. The van der Waals surface area contributed by atoms with Crippen LogP contribution in [0.4, 0.5) is 5.69 Å². The van der Waals surface area contributed by atoms with E-state index < -0.39 is 11.8 Å². The summed E-state index contributed by atoms with van der Waals surface area (Å²) in [6, 6.07) is 16.0. The second-order valence-electron chi connectivity index (χ2n) is 4.79. The maximum atomic E-state index is 11.9. The van der Waals surface area contributed by atoms with Gasteiger partial charge in [0, 0.05) is 5.69 Å². The second kappa shape index (κ2) is 7.26. The highest BCUT2D eigenvalue weighted by atomic mass is 16.5. The summed E-state index contributed by atoms with van der Waals surface area (Å²) in [4.78, 5) is 23.8. The van der Waals surface area contributed by atoms with Crippen LogP contribution in [0.25, 0.3) is 0 Å². The van der Waals surface area contributed by atoms with E-state index in [4.69, 9.17) is 4.74 Å². The van der Waals surface area contributed by atoms with Gasteiger partial charge in [-0.15, -0.1) is 0 Å². The lowest BCUT2D eigenvalue weighted by Crippen LogP contribution is -2.36. The zero-order chi connectivity index (χ0) is 15.9. The molecule has 0 heterocycles. The van der Waals surface area contributed by atoms with Crippen molar-refractivity contribution in [3.63, 3.8) is 0 Å². The minimum atomic E-state index is -0.701. The maximum Gasteiger partial charge on any atom is 0.313 e. The molecular formula is C17H18N2O3. The summed E-state index contributed by atoms with van der Waals surface area (Å²) in [6.45, 7) is 1.83.